The number of aliphatic hydroxyl groups excluding tert-OH is 1. The lowest BCUT2D eigenvalue weighted by atomic mass is 9.85. The first-order valence-electron chi connectivity index (χ1n) is 6.75. The highest BCUT2D eigenvalue weighted by Crippen LogP contribution is 2.31. The Hall–Kier alpha value is -1.70. The van der Waals surface area contributed by atoms with Gasteiger partial charge in [0.1, 0.15) is 11.5 Å². The van der Waals surface area contributed by atoms with Crippen molar-refractivity contribution in [3.8, 4) is 5.75 Å². The van der Waals surface area contributed by atoms with Gasteiger partial charge in [0, 0.05) is 0 Å². The summed E-state index contributed by atoms with van der Waals surface area (Å²) in [7, 11) is 0. The van der Waals surface area contributed by atoms with Crippen LogP contribution in [0.15, 0.2) is 35.1 Å². The van der Waals surface area contributed by atoms with Crippen LogP contribution in [0.4, 0.5) is 0 Å². The van der Waals surface area contributed by atoms with E-state index in [4.69, 9.17) is 0 Å². The molecule has 0 heterocycles. The van der Waals surface area contributed by atoms with E-state index >= 15 is 0 Å². The van der Waals surface area contributed by atoms with Crippen molar-refractivity contribution in [3.05, 3.63) is 51.8 Å². The van der Waals surface area contributed by atoms with Crippen LogP contribution in [0.5, 0.6) is 5.75 Å². The molecule has 0 amide bonds. The van der Waals surface area contributed by atoms with E-state index < -0.39 is 0 Å². The van der Waals surface area contributed by atoms with Gasteiger partial charge in [-0.1, -0.05) is 18.2 Å². The molecule has 2 nitrogen and oxygen atoms in total. The van der Waals surface area contributed by atoms with E-state index in [9.17, 15) is 10.2 Å². The number of benzene rings is 1. The Morgan fingerprint density at radius 3 is 2.16 bits per heavy atom. The Kier molecular flexibility index (Phi) is 3.70. The van der Waals surface area contributed by atoms with E-state index in [0.717, 1.165) is 35.1 Å². The first-order chi connectivity index (χ1) is 8.88. The minimum atomic E-state index is 0.396. The SMILES string of the molecule is CC1=CC(Cc2cc(C)c(O)c(C)c2)CC(C)=C1O. The van der Waals surface area contributed by atoms with E-state index in [0.29, 0.717) is 17.4 Å². The van der Waals surface area contributed by atoms with Crippen molar-refractivity contribution in [3.63, 3.8) is 0 Å². The monoisotopic (exact) mass is 258 g/mol. The second-order valence-corrected chi connectivity index (χ2v) is 5.73. The summed E-state index contributed by atoms with van der Waals surface area (Å²) in [6.45, 7) is 7.82. The van der Waals surface area contributed by atoms with Gasteiger partial charge in [0.25, 0.3) is 0 Å². The molecular formula is C17H22O2. The molecule has 0 saturated heterocycles. The highest BCUT2D eigenvalue weighted by Gasteiger charge is 2.18. The third kappa shape index (κ3) is 2.83. The Morgan fingerprint density at radius 2 is 1.63 bits per heavy atom. The lowest BCUT2D eigenvalue weighted by molar-refractivity contribution is 0.401. The molecule has 0 saturated carbocycles. The van der Waals surface area contributed by atoms with E-state index in [2.05, 4.69) is 18.2 Å². The summed E-state index contributed by atoms with van der Waals surface area (Å²) < 4.78 is 0. The van der Waals surface area contributed by atoms with Crippen molar-refractivity contribution in [1.82, 2.24) is 0 Å². The summed E-state index contributed by atoms with van der Waals surface area (Å²) in [6.07, 6.45) is 4.01. The van der Waals surface area contributed by atoms with Gasteiger partial charge in [0.2, 0.25) is 0 Å². The number of aromatic hydroxyl groups is 1. The Morgan fingerprint density at radius 1 is 1.05 bits per heavy atom. The standard InChI is InChI=1S/C17H22O2/c1-10-5-14(6-11(2)16(10)18)9-15-7-12(3)17(19)13(4)8-15/h5-7,15,18-19H,8-9H2,1-4H3. The third-order valence-corrected chi connectivity index (χ3v) is 3.88. The number of hydrogen-bond acceptors (Lipinski definition) is 2. The molecule has 1 aliphatic rings. The summed E-state index contributed by atoms with van der Waals surface area (Å²) in [5.41, 5.74) is 5.15. The van der Waals surface area contributed by atoms with Crippen molar-refractivity contribution in [2.75, 3.05) is 0 Å². The van der Waals surface area contributed by atoms with Crippen molar-refractivity contribution in [1.29, 1.82) is 0 Å². The van der Waals surface area contributed by atoms with Crippen LogP contribution >= 0.6 is 0 Å². The fourth-order valence-corrected chi connectivity index (χ4v) is 2.92. The number of phenolic OH excluding ortho intramolecular Hbond substituents is 1. The predicted molar refractivity (Wildman–Crippen MR) is 78.5 cm³/mol. The van der Waals surface area contributed by atoms with Crippen LogP contribution in [-0.4, -0.2) is 10.2 Å². The quantitative estimate of drug-likeness (QED) is 0.828. The first-order valence-corrected chi connectivity index (χ1v) is 6.75. The molecule has 2 N–H and O–H groups in total. The van der Waals surface area contributed by atoms with Gasteiger partial charge in [-0.05, 0) is 74.3 Å². The highest BCUT2D eigenvalue weighted by molar-refractivity contribution is 5.43. The maximum absolute atomic E-state index is 9.83. The van der Waals surface area contributed by atoms with Crippen molar-refractivity contribution in [2.45, 2.75) is 40.5 Å². The molecule has 19 heavy (non-hydrogen) atoms. The van der Waals surface area contributed by atoms with Crippen LogP contribution in [-0.2, 0) is 6.42 Å². The van der Waals surface area contributed by atoms with Gasteiger partial charge < -0.3 is 10.2 Å². The number of rotatable bonds is 2. The fourth-order valence-electron chi connectivity index (χ4n) is 2.92. The van der Waals surface area contributed by atoms with E-state index in [1.54, 1.807) is 0 Å². The second kappa shape index (κ2) is 5.12. The number of phenols is 1. The van der Waals surface area contributed by atoms with E-state index in [1.807, 2.05) is 27.7 Å². The number of aliphatic hydroxyl groups is 1. The van der Waals surface area contributed by atoms with Gasteiger partial charge in [-0.2, -0.15) is 0 Å². The summed E-state index contributed by atoms with van der Waals surface area (Å²) in [4.78, 5) is 0. The summed E-state index contributed by atoms with van der Waals surface area (Å²) in [5, 5.41) is 19.6. The normalized spacial score (nSPS) is 19.6. The molecule has 0 aromatic heterocycles. The molecule has 1 atom stereocenters. The summed E-state index contributed by atoms with van der Waals surface area (Å²) >= 11 is 0. The minimum Gasteiger partial charge on any atom is -0.508 e. The van der Waals surface area contributed by atoms with Gasteiger partial charge in [-0.3, -0.25) is 0 Å². The molecule has 0 spiro atoms. The smallest absolute Gasteiger partial charge is 0.121 e. The van der Waals surface area contributed by atoms with Crippen molar-refractivity contribution < 1.29 is 10.2 Å². The summed E-state index contributed by atoms with van der Waals surface area (Å²) in [6, 6.07) is 4.11. The Bertz CT molecular complexity index is 542. The van der Waals surface area contributed by atoms with Crippen molar-refractivity contribution >= 4 is 0 Å². The molecule has 1 aliphatic carbocycles. The van der Waals surface area contributed by atoms with Gasteiger partial charge >= 0.3 is 0 Å². The molecule has 1 aromatic rings. The molecule has 0 aliphatic heterocycles. The van der Waals surface area contributed by atoms with Gasteiger partial charge in [-0.25, -0.2) is 0 Å². The predicted octanol–water partition coefficient (Wildman–Crippen LogP) is 4.35. The lowest BCUT2D eigenvalue weighted by Crippen LogP contribution is -2.10. The Balaban J connectivity index is 2.20. The van der Waals surface area contributed by atoms with Gasteiger partial charge in [0.15, 0.2) is 0 Å². The highest BCUT2D eigenvalue weighted by atomic mass is 16.3. The lowest BCUT2D eigenvalue weighted by Gasteiger charge is -2.21. The topological polar surface area (TPSA) is 40.5 Å². The summed E-state index contributed by atoms with van der Waals surface area (Å²) in [5.74, 6) is 1.28. The largest absolute Gasteiger partial charge is 0.508 e. The van der Waals surface area contributed by atoms with Crippen LogP contribution in [0, 0.1) is 19.8 Å². The molecule has 1 aromatic carbocycles. The third-order valence-electron chi connectivity index (χ3n) is 3.88. The minimum absolute atomic E-state index is 0.396. The molecule has 1 unspecified atom stereocenters. The van der Waals surface area contributed by atoms with E-state index in [1.165, 1.54) is 5.56 Å². The molecule has 2 rings (SSSR count). The number of allylic oxidation sites excluding steroid dienone is 3. The van der Waals surface area contributed by atoms with Crippen LogP contribution in [0.2, 0.25) is 0 Å². The Labute approximate surface area is 115 Å². The molecule has 102 valence electrons. The maximum atomic E-state index is 9.83. The number of hydrogen-bond donors (Lipinski definition) is 2. The zero-order valence-electron chi connectivity index (χ0n) is 12.1. The molecule has 0 bridgehead atoms. The average molecular weight is 258 g/mol. The molecule has 0 radical (unpaired) electrons. The molecule has 0 fully saturated rings. The first kappa shape index (κ1) is 13.7. The van der Waals surface area contributed by atoms with Crippen molar-refractivity contribution in [2.24, 2.45) is 5.92 Å². The molecule has 2 heteroatoms. The van der Waals surface area contributed by atoms with E-state index in [-0.39, 0.29) is 0 Å². The van der Waals surface area contributed by atoms with Crippen LogP contribution in [0.3, 0.4) is 0 Å². The fraction of sp³-hybridized carbons (Fsp3) is 0.412. The average Bonchev–Trinajstić information content (AvgIpc) is 2.33. The second-order valence-electron chi connectivity index (χ2n) is 5.73. The molecular weight excluding hydrogens is 236 g/mol. The van der Waals surface area contributed by atoms with Crippen LogP contribution in [0.25, 0.3) is 0 Å². The van der Waals surface area contributed by atoms with Crippen LogP contribution < -0.4 is 0 Å². The number of aryl methyl sites for hydroxylation is 2. The van der Waals surface area contributed by atoms with Gasteiger partial charge in [0.05, 0.1) is 0 Å². The maximum Gasteiger partial charge on any atom is 0.121 e. The van der Waals surface area contributed by atoms with Gasteiger partial charge in [-0.15, -0.1) is 0 Å². The zero-order valence-corrected chi connectivity index (χ0v) is 12.1. The van der Waals surface area contributed by atoms with Crippen LogP contribution in [0.1, 0.15) is 37.0 Å². The zero-order chi connectivity index (χ0) is 14.2.